The van der Waals surface area contributed by atoms with Crippen molar-refractivity contribution >= 4 is 10.9 Å². The van der Waals surface area contributed by atoms with Crippen LogP contribution in [0.2, 0.25) is 0 Å². The van der Waals surface area contributed by atoms with E-state index >= 15 is 0 Å². The van der Waals surface area contributed by atoms with E-state index in [4.69, 9.17) is 5.73 Å². The van der Waals surface area contributed by atoms with Crippen molar-refractivity contribution in [2.75, 3.05) is 0 Å². The maximum Gasteiger partial charge on any atom is 0.0705 e. The maximum absolute atomic E-state index is 6.42. The van der Waals surface area contributed by atoms with Gasteiger partial charge in [-0.2, -0.15) is 0 Å². The number of nitrogens with two attached hydrogens (primary N) is 1. The second-order valence-electron chi connectivity index (χ2n) is 4.81. The number of rotatable bonds is 2. The maximum atomic E-state index is 6.42. The number of aromatic nitrogens is 1. The molecule has 2 heteroatoms. The molecular formula is C17H16N2. The van der Waals surface area contributed by atoms with E-state index in [1.165, 1.54) is 5.56 Å². The number of pyridine rings is 1. The minimum atomic E-state index is -0.118. The van der Waals surface area contributed by atoms with Crippen molar-refractivity contribution in [1.29, 1.82) is 0 Å². The highest BCUT2D eigenvalue weighted by Crippen LogP contribution is 2.26. The average Bonchev–Trinajstić information content (AvgIpc) is 2.46. The van der Waals surface area contributed by atoms with Crippen molar-refractivity contribution in [3.05, 3.63) is 77.5 Å². The summed E-state index contributed by atoms with van der Waals surface area (Å²) in [6.45, 7) is 2.08. The molecular weight excluding hydrogens is 232 g/mol. The van der Waals surface area contributed by atoms with Crippen molar-refractivity contribution < 1.29 is 0 Å². The molecule has 0 aliphatic heterocycles. The van der Waals surface area contributed by atoms with E-state index in [0.29, 0.717) is 0 Å². The zero-order chi connectivity index (χ0) is 13.2. The van der Waals surface area contributed by atoms with Gasteiger partial charge in [0.25, 0.3) is 0 Å². The fraction of sp³-hybridized carbons (Fsp3) is 0.118. The molecule has 0 fully saturated rings. The Kier molecular flexibility index (Phi) is 3.02. The Morgan fingerprint density at radius 2 is 1.84 bits per heavy atom. The molecule has 0 amide bonds. The standard InChI is InChI=1S/C17H16N2/c1-12-5-2-6-13(11-12)17(18)15-7-3-9-16-14(15)8-4-10-19-16/h2-11,17H,18H2,1H3. The molecule has 1 heterocycles. The summed E-state index contributed by atoms with van der Waals surface area (Å²) < 4.78 is 0. The molecule has 0 saturated carbocycles. The summed E-state index contributed by atoms with van der Waals surface area (Å²) >= 11 is 0. The van der Waals surface area contributed by atoms with E-state index < -0.39 is 0 Å². The number of nitrogens with zero attached hydrogens (tertiary/aromatic N) is 1. The van der Waals surface area contributed by atoms with Crippen LogP contribution in [0.3, 0.4) is 0 Å². The Bertz CT molecular complexity index is 714. The van der Waals surface area contributed by atoms with Gasteiger partial charge in [0.05, 0.1) is 11.6 Å². The summed E-state index contributed by atoms with van der Waals surface area (Å²) in [6, 6.07) is 18.4. The van der Waals surface area contributed by atoms with E-state index in [1.807, 2.05) is 30.5 Å². The minimum absolute atomic E-state index is 0.118. The Morgan fingerprint density at radius 3 is 2.68 bits per heavy atom. The second kappa shape index (κ2) is 4.82. The van der Waals surface area contributed by atoms with Crippen LogP contribution in [-0.4, -0.2) is 4.98 Å². The van der Waals surface area contributed by atoms with Crippen LogP contribution < -0.4 is 5.73 Å². The quantitative estimate of drug-likeness (QED) is 0.752. The monoisotopic (exact) mass is 248 g/mol. The first kappa shape index (κ1) is 11.9. The van der Waals surface area contributed by atoms with Crippen molar-refractivity contribution in [2.45, 2.75) is 13.0 Å². The molecule has 1 atom stereocenters. The molecule has 0 aliphatic rings. The van der Waals surface area contributed by atoms with Gasteiger partial charge in [0, 0.05) is 11.6 Å². The van der Waals surface area contributed by atoms with Crippen LogP contribution >= 0.6 is 0 Å². The average molecular weight is 248 g/mol. The lowest BCUT2D eigenvalue weighted by molar-refractivity contribution is 0.878. The van der Waals surface area contributed by atoms with Gasteiger partial charge in [-0.15, -0.1) is 0 Å². The molecule has 2 N–H and O–H groups in total. The van der Waals surface area contributed by atoms with Crippen molar-refractivity contribution in [2.24, 2.45) is 5.73 Å². The minimum Gasteiger partial charge on any atom is -0.320 e. The molecule has 1 aromatic heterocycles. The Labute approximate surface area is 112 Å². The molecule has 0 spiro atoms. The number of aryl methyl sites for hydroxylation is 1. The van der Waals surface area contributed by atoms with E-state index in [9.17, 15) is 0 Å². The summed E-state index contributed by atoms with van der Waals surface area (Å²) in [5.74, 6) is 0. The molecule has 19 heavy (non-hydrogen) atoms. The van der Waals surface area contributed by atoms with Crippen LogP contribution in [-0.2, 0) is 0 Å². The number of hydrogen-bond acceptors (Lipinski definition) is 2. The van der Waals surface area contributed by atoms with Gasteiger partial charge < -0.3 is 5.73 Å². The molecule has 0 saturated heterocycles. The Balaban J connectivity index is 2.14. The van der Waals surface area contributed by atoms with E-state index in [-0.39, 0.29) is 6.04 Å². The largest absolute Gasteiger partial charge is 0.320 e. The van der Waals surface area contributed by atoms with Crippen LogP contribution in [0.15, 0.2) is 60.8 Å². The fourth-order valence-electron chi connectivity index (χ4n) is 2.44. The molecule has 0 bridgehead atoms. The van der Waals surface area contributed by atoms with Gasteiger partial charge in [-0.05, 0) is 30.2 Å². The van der Waals surface area contributed by atoms with E-state index in [0.717, 1.165) is 22.0 Å². The van der Waals surface area contributed by atoms with Crippen LogP contribution in [0, 0.1) is 6.92 Å². The first-order valence-electron chi connectivity index (χ1n) is 6.41. The van der Waals surface area contributed by atoms with Crippen LogP contribution in [0.5, 0.6) is 0 Å². The predicted octanol–water partition coefficient (Wildman–Crippen LogP) is 3.59. The summed E-state index contributed by atoms with van der Waals surface area (Å²) in [5, 5.41) is 1.12. The number of hydrogen-bond donors (Lipinski definition) is 1. The lowest BCUT2D eigenvalue weighted by Crippen LogP contribution is -2.12. The zero-order valence-corrected chi connectivity index (χ0v) is 10.9. The third kappa shape index (κ3) is 2.23. The molecule has 0 aliphatic carbocycles. The molecule has 94 valence electrons. The third-order valence-electron chi connectivity index (χ3n) is 3.42. The van der Waals surface area contributed by atoms with Gasteiger partial charge in [-0.25, -0.2) is 0 Å². The van der Waals surface area contributed by atoms with Crippen molar-refractivity contribution in [1.82, 2.24) is 4.98 Å². The second-order valence-corrected chi connectivity index (χ2v) is 4.81. The van der Waals surface area contributed by atoms with Gasteiger partial charge in [0.2, 0.25) is 0 Å². The summed E-state index contributed by atoms with van der Waals surface area (Å²) in [7, 11) is 0. The van der Waals surface area contributed by atoms with Gasteiger partial charge in [0.15, 0.2) is 0 Å². The third-order valence-corrected chi connectivity index (χ3v) is 3.42. The number of fused-ring (bicyclic) bond motifs is 1. The summed E-state index contributed by atoms with van der Waals surface area (Å²) in [6.07, 6.45) is 1.81. The predicted molar refractivity (Wildman–Crippen MR) is 79.0 cm³/mol. The SMILES string of the molecule is Cc1cccc(C(N)c2cccc3ncccc23)c1. The molecule has 2 aromatic carbocycles. The Morgan fingerprint density at radius 1 is 1.00 bits per heavy atom. The van der Waals surface area contributed by atoms with E-state index in [2.05, 4.69) is 42.2 Å². The van der Waals surface area contributed by atoms with Gasteiger partial charge >= 0.3 is 0 Å². The normalized spacial score (nSPS) is 12.5. The summed E-state index contributed by atoms with van der Waals surface area (Å²) in [5.41, 5.74) is 10.9. The smallest absolute Gasteiger partial charge is 0.0705 e. The van der Waals surface area contributed by atoms with Gasteiger partial charge in [-0.1, -0.05) is 48.0 Å². The van der Waals surface area contributed by atoms with Crippen molar-refractivity contribution in [3.63, 3.8) is 0 Å². The highest BCUT2D eigenvalue weighted by Gasteiger charge is 2.12. The lowest BCUT2D eigenvalue weighted by atomic mass is 9.95. The molecule has 3 rings (SSSR count). The van der Waals surface area contributed by atoms with Crippen LogP contribution in [0.25, 0.3) is 10.9 Å². The van der Waals surface area contributed by atoms with E-state index in [1.54, 1.807) is 0 Å². The molecule has 0 radical (unpaired) electrons. The molecule has 1 unspecified atom stereocenters. The highest BCUT2D eigenvalue weighted by atomic mass is 14.7. The molecule has 2 nitrogen and oxygen atoms in total. The van der Waals surface area contributed by atoms with Crippen LogP contribution in [0.1, 0.15) is 22.7 Å². The fourth-order valence-corrected chi connectivity index (χ4v) is 2.44. The topological polar surface area (TPSA) is 38.9 Å². The summed E-state index contributed by atoms with van der Waals surface area (Å²) in [4.78, 5) is 4.38. The first-order chi connectivity index (χ1) is 9.25. The van der Waals surface area contributed by atoms with Crippen molar-refractivity contribution in [3.8, 4) is 0 Å². The van der Waals surface area contributed by atoms with Gasteiger partial charge in [0.1, 0.15) is 0 Å². The van der Waals surface area contributed by atoms with Gasteiger partial charge in [-0.3, -0.25) is 4.98 Å². The zero-order valence-electron chi connectivity index (χ0n) is 10.9. The number of benzene rings is 2. The molecule has 3 aromatic rings. The van der Waals surface area contributed by atoms with Crippen LogP contribution in [0.4, 0.5) is 0 Å². The lowest BCUT2D eigenvalue weighted by Gasteiger charge is -2.15. The first-order valence-corrected chi connectivity index (χ1v) is 6.41. The Hall–Kier alpha value is -2.19. The highest BCUT2D eigenvalue weighted by molar-refractivity contribution is 5.82.